The number of fused-ring (bicyclic) bond motifs is 3. The lowest BCUT2D eigenvalue weighted by Gasteiger charge is -2.18. The maximum Gasteiger partial charge on any atom is 0.220 e. The average molecular weight is 310 g/mol. The molecule has 0 radical (unpaired) electrons. The molecule has 2 aliphatic carbocycles. The third-order valence-corrected chi connectivity index (χ3v) is 5.17. The number of carbonyl (C=O) groups excluding carboxylic acids is 1. The highest BCUT2D eigenvalue weighted by Gasteiger charge is 2.35. The molecular formula is C18H22N4O. The van der Waals surface area contributed by atoms with E-state index >= 15 is 0 Å². The number of nitrogens with zero attached hydrogens (tertiary/aromatic N) is 3. The third-order valence-electron chi connectivity index (χ3n) is 5.17. The lowest BCUT2D eigenvalue weighted by atomic mass is 9.93. The summed E-state index contributed by atoms with van der Waals surface area (Å²) in [6.07, 6.45) is 11.3. The molecule has 1 fully saturated rings. The highest BCUT2D eigenvalue weighted by atomic mass is 16.1. The summed E-state index contributed by atoms with van der Waals surface area (Å²) in [6, 6.07) is 5.86. The summed E-state index contributed by atoms with van der Waals surface area (Å²) in [6.45, 7) is 0.832. The Morgan fingerprint density at radius 2 is 2.22 bits per heavy atom. The van der Waals surface area contributed by atoms with E-state index in [0.717, 1.165) is 36.8 Å². The Bertz CT molecular complexity index is 735. The molecule has 4 rings (SSSR count). The van der Waals surface area contributed by atoms with Crippen LogP contribution >= 0.6 is 0 Å². The largest absolute Gasteiger partial charge is 0.356 e. The van der Waals surface area contributed by atoms with Gasteiger partial charge in [-0.25, -0.2) is 0 Å². The van der Waals surface area contributed by atoms with Crippen molar-refractivity contribution < 1.29 is 4.79 Å². The smallest absolute Gasteiger partial charge is 0.220 e. The minimum Gasteiger partial charge on any atom is -0.356 e. The van der Waals surface area contributed by atoms with Gasteiger partial charge < -0.3 is 5.32 Å². The maximum absolute atomic E-state index is 12.0. The van der Waals surface area contributed by atoms with E-state index in [2.05, 4.69) is 27.7 Å². The molecular weight excluding hydrogens is 288 g/mol. The summed E-state index contributed by atoms with van der Waals surface area (Å²) in [5.74, 6) is 3.19. The number of hydrogen-bond acceptors (Lipinski definition) is 3. The fourth-order valence-electron chi connectivity index (χ4n) is 3.93. The minimum atomic E-state index is 0.158. The van der Waals surface area contributed by atoms with Gasteiger partial charge in [-0.2, -0.15) is 0 Å². The number of carbonyl (C=O) groups is 1. The Morgan fingerprint density at radius 3 is 3.04 bits per heavy atom. The molecule has 2 aromatic rings. The summed E-state index contributed by atoms with van der Waals surface area (Å²) in [4.78, 5) is 12.0. The fraction of sp³-hybridized carbons (Fsp3) is 0.500. The van der Waals surface area contributed by atoms with Crippen molar-refractivity contribution in [3.8, 4) is 0 Å². The second-order valence-corrected chi connectivity index (χ2v) is 6.74. The first kappa shape index (κ1) is 14.4. The van der Waals surface area contributed by atoms with E-state index in [-0.39, 0.29) is 5.91 Å². The molecule has 120 valence electrons. The summed E-state index contributed by atoms with van der Waals surface area (Å²) >= 11 is 0. The van der Waals surface area contributed by atoms with Crippen LogP contribution in [0.4, 0.5) is 0 Å². The number of hydrogen-bond donors (Lipinski definition) is 1. The second kappa shape index (κ2) is 6.14. The van der Waals surface area contributed by atoms with Gasteiger partial charge in [-0.15, -0.1) is 10.2 Å². The Morgan fingerprint density at radius 1 is 1.26 bits per heavy atom. The van der Waals surface area contributed by atoms with Crippen molar-refractivity contribution in [3.05, 3.63) is 42.4 Å². The van der Waals surface area contributed by atoms with Gasteiger partial charge in [0.05, 0.1) is 0 Å². The third kappa shape index (κ3) is 3.00. The van der Waals surface area contributed by atoms with Crippen LogP contribution in [0.2, 0.25) is 0 Å². The highest BCUT2D eigenvalue weighted by molar-refractivity contribution is 5.75. The van der Waals surface area contributed by atoms with Crippen LogP contribution in [-0.2, 0) is 11.2 Å². The molecule has 2 aromatic heterocycles. The zero-order chi connectivity index (χ0) is 15.6. The first-order valence-electron chi connectivity index (χ1n) is 8.53. The molecule has 1 saturated carbocycles. The van der Waals surface area contributed by atoms with Gasteiger partial charge >= 0.3 is 0 Å². The molecule has 0 unspecified atom stereocenters. The van der Waals surface area contributed by atoms with Gasteiger partial charge in [-0.1, -0.05) is 18.2 Å². The monoisotopic (exact) mass is 310 g/mol. The zero-order valence-electron chi connectivity index (χ0n) is 13.2. The van der Waals surface area contributed by atoms with E-state index in [0.29, 0.717) is 18.3 Å². The van der Waals surface area contributed by atoms with Gasteiger partial charge in [0.15, 0.2) is 5.65 Å². The van der Waals surface area contributed by atoms with Crippen molar-refractivity contribution in [1.29, 1.82) is 0 Å². The van der Waals surface area contributed by atoms with Crippen LogP contribution in [0.3, 0.4) is 0 Å². The Kier molecular flexibility index (Phi) is 3.85. The Labute approximate surface area is 135 Å². The van der Waals surface area contributed by atoms with Crippen molar-refractivity contribution in [2.45, 2.75) is 32.1 Å². The zero-order valence-corrected chi connectivity index (χ0v) is 13.2. The van der Waals surface area contributed by atoms with Gasteiger partial charge in [0.1, 0.15) is 5.82 Å². The van der Waals surface area contributed by atoms with Crippen molar-refractivity contribution in [2.75, 3.05) is 6.54 Å². The molecule has 23 heavy (non-hydrogen) atoms. The predicted octanol–water partition coefficient (Wildman–Crippen LogP) is 2.38. The molecule has 0 spiro atoms. The van der Waals surface area contributed by atoms with E-state index < -0.39 is 0 Å². The first-order chi connectivity index (χ1) is 11.3. The molecule has 0 aromatic carbocycles. The molecule has 0 aliphatic heterocycles. The Hall–Kier alpha value is -2.17. The molecule has 5 heteroatoms. The van der Waals surface area contributed by atoms with Crippen LogP contribution in [0.15, 0.2) is 36.5 Å². The molecule has 1 amide bonds. The van der Waals surface area contributed by atoms with Crippen molar-refractivity contribution in [2.24, 2.45) is 17.8 Å². The topological polar surface area (TPSA) is 59.3 Å². The normalized spacial score (nSPS) is 25.3. The van der Waals surface area contributed by atoms with E-state index in [1.54, 1.807) is 0 Å². The van der Waals surface area contributed by atoms with Crippen molar-refractivity contribution in [3.63, 3.8) is 0 Å². The van der Waals surface area contributed by atoms with E-state index in [1.165, 1.54) is 12.8 Å². The van der Waals surface area contributed by atoms with Crippen LogP contribution in [-0.4, -0.2) is 27.0 Å². The molecule has 3 atom stereocenters. The van der Waals surface area contributed by atoms with Crippen LogP contribution in [0, 0.1) is 17.8 Å². The summed E-state index contributed by atoms with van der Waals surface area (Å²) < 4.78 is 1.99. The van der Waals surface area contributed by atoms with Gasteiger partial charge in [0.2, 0.25) is 5.91 Å². The summed E-state index contributed by atoms with van der Waals surface area (Å²) in [5.41, 5.74) is 0.858. The SMILES string of the molecule is O=C(CCCc1nnc2ccccn12)NC[C@@H]1C[C@@H]2C=C[C@H]1C2. The predicted molar refractivity (Wildman–Crippen MR) is 87.8 cm³/mol. The first-order valence-corrected chi connectivity index (χ1v) is 8.53. The average Bonchev–Trinajstić information content (AvgIpc) is 3.28. The number of rotatable bonds is 6. The van der Waals surface area contributed by atoms with Crippen molar-refractivity contribution >= 4 is 11.6 Å². The number of aryl methyl sites for hydroxylation is 1. The molecule has 2 aliphatic rings. The van der Waals surface area contributed by atoms with E-state index in [4.69, 9.17) is 0 Å². The molecule has 2 bridgehead atoms. The van der Waals surface area contributed by atoms with Gasteiger partial charge in [-0.05, 0) is 49.1 Å². The second-order valence-electron chi connectivity index (χ2n) is 6.74. The van der Waals surface area contributed by atoms with Gasteiger partial charge in [0, 0.05) is 25.6 Å². The number of aromatic nitrogens is 3. The van der Waals surface area contributed by atoms with Crippen LogP contribution in [0.1, 0.15) is 31.5 Å². The number of amides is 1. The lowest BCUT2D eigenvalue weighted by Crippen LogP contribution is -2.30. The quantitative estimate of drug-likeness (QED) is 0.833. The van der Waals surface area contributed by atoms with Crippen molar-refractivity contribution in [1.82, 2.24) is 19.9 Å². The maximum atomic E-state index is 12.0. The number of allylic oxidation sites excluding steroid dienone is 2. The van der Waals surface area contributed by atoms with Crippen LogP contribution in [0.25, 0.3) is 5.65 Å². The molecule has 5 nitrogen and oxygen atoms in total. The molecule has 2 heterocycles. The van der Waals surface area contributed by atoms with Gasteiger partial charge in [-0.3, -0.25) is 9.20 Å². The van der Waals surface area contributed by atoms with Crippen LogP contribution in [0.5, 0.6) is 0 Å². The lowest BCUT2D eigenvalue weighted by molar-refractivity contribution is -0.121. The van der Waals surface area contributed by atoms with Gasteiger partial charge in [0.25, 0.3) is 0 Å². The minimum absolute atomic E-state index is 0.158. The molecule has 1 N–H and O–H groups in total. The van der Waals surface area contributed by atoms with Crippen LogP contribution < -0.4 is 5.32 Å². The standard InChI is InChI=1S/C18H22N4O/c23-18(19-12-15-11-13-7-8-14(15)10-13)6-3-5-17-21-20-16-4-1-2-9-22(16)17/h1-2,4,7-9,13-15H,3,5-6,10-12H2,(H,19,23)/t13-,14+,15+/m1/s1. The Balaban J connectivity index is 1.22. The summed E-state index contributed by atoms with van der Waals surface area (Å²) in [5, 5.41) is 11.4. The number of pyridine rings is 1. The molecule has 0 saturated heterocycles. The summed E-state index contributed by atoms with van der Waals surface area (Å²) in [7, 11) is 0. The number of nitrogens with one attached hydrogen (secondary N) is 1. The fourth-order valence-corrected chi connectivity index (χ4v) is 3.93. The van der Waals surface area contributed by atoms with E-state index in [1.807, 2.05) is 28.8 Å². The highest BCUT2D eigenvalue weighted by Crippen LogP contribution is 2.42. The van der Waals surface area contributed by atoms with E-state index in [9.17, 15) is 4.79 Å².